The normalized spacial score (nSPS) is 17.4. The van der Waals surface area contributed by atoms with Crippen LogP contribution < -0.4 is 0 Å². The van der Waals surface area contributed by atoms with Gasteiger partial charge in [-0.2, -0.15) is 17.5 Å². The Kier molecular flexibility index (Phi) is 9.65. The summed E-state index contributed by atoms with van der Waals surface area (Å²) < 4.78 is 65.3. The molecule has 0 amide bonds. The van der Waals surface area contributed by atoms with E-state index in [-0.39, 0.29) is 11.7 Å². The van der Waals surface area contributed by atoms with Crippen molar-refractivity contribution in [2.45, 2.75) is 39.0 Å². The molecule has 14 heteroatoms. The fraction of sp³-hybridized carbons (Fsp3) is 0.812. The van der Waals surface area contributed by atoms with Gasteiger partial charge in [0.1, 0.15) is 5.69 Å². The number of hydrogen-bond donors (Lipinski definition) is 1. The maximum Gasteiger partial charge on any atom is 0.490 e. The minimum absolute atomic E-state index is 0.0304. The molecule has 1 aliphatic rings. The summed E-state index contributed by atoms with van der Waals surface area (Å²) in [4.78, 5) is 10.9. The van der Waals surface area contributed by atoms with E-state index in [1.807, 2.05) is 25.7 Å². The first-order valence-electron chi connectivity index (χ1n) is 9.26. The molecule has 0 spiro atoms. The number of halogens is 3. The van der Waals surface area contributed by atoms with Crippen molar-refractivity contribution < 1.29 is 36.2 Å². The van der Waals surface area contributed by atoms with E-state index in [1.165, 1.54) is 4.31 Å². The first kappa shape index (κ1) is 26.3. The molecule has 0 fully saturated rings. The molecule has 1 unspecified atom stereocenters. The van der Waals surface area contributed by atoms with Gasteiger partial charge in [0.15, 0.2) is 0 Å². The summed E-state index contributed by atoms with van der Waals surface area (Å²) in [7, 11) is 0.742. The number of likely N-dealkylation sites (N-methyl/N-ethyl adjacent to an activating group) is 1. The van der Waals surface area contributed by atoms with Gasteiger partial charge in [-0.05, 0) is 27.9 Å². The van der Waals surface area contributed by atoms with Crippen LogP contribution in [0.25, 0.3) is 0 Å². The van der Waals surface area contributed by atoms with E-state index in [9.17, 15) is 21.6 Å². The van der Waals surface area contributed by atoms with E-state index < -0.39 is 22.2 Å². The summed E-state index contributed by atoms with van der Waals surface area (Å²) in [5, 5.41) is 15.4. The molecular formula is C16H28F3N5O5S. The lowest BCUT2D eigenvalue weighted by molar-refractivity contribution is -0.192. The van der Waals surface area contributed by atoms with Crippen molar-refractivity contribution >= 4 is 16.0 Å². The summed E-state index contributed by atoms with van der Waals surface area (Å²) >= 11 is 0. The lowest BCUT2D eigenvalue weighted by atomic mass is 10.0. The van der Waals surface area contributed by atoms with Crippen molar-refractivity contribution in [2.75, 3.05) is 46.2 Å². The Morgan fingerprint density at radius 2 is 1.93 bits per heavy atom. The monoisotopic (exact) mass is 459 g/mol. The first-order chi connectivity index (χ1) is 13.8. The molecule has 2 rings (SSSR count). The molecule has 0 radical (unpaired) electrons. The number of alkyl halides is 3. The van der Waals surface area contributed by atoms with Crippen LogP contribution in [-0.4, -0.2) is 96.0 Å². The zero-order chi connectivity index (χ0) is 23.1. The van der Waals surface area contributed by atoms with Crippen molar-refractivity contribution in [3.63, 3.8) is 0 Å². The van der Waals surface area contributed by atoms with Crippen molar-refractivity contribution in [1.29, 1.82) is 0 Å². The second-order valence-electron chi connectivity index (χ2n) is 6.81. The summed E-state index contributed by atoms with van der Waals surface area (Å²) in [5.41, 5.74) is 1.76. The molecular weight excluding hydrogens is 431 g/mol. The number of hydrogen-bond acceptors (Lipinski definition) is 7. The lowest BCUT2D eigenvalue weighted by Gasteiger charge is -2.31. The number of carbonyl (C=O) groups is 1. The highest BCUT2D eigenvalue weighted by molar-refractivity contribution is 7.89. The number of carboxylic acid groups (broad SMARTS) is 1. The highest BCUT2D eigenvalue weighted by atomic mass is 32.2. The summed E-state index contributed by atoms with van der Waals surface area (Å²) in [6.07, 6.45) is -5.08. The van der Waals surface area contributed by atoms with Gasteiger partial charge in [-0.25, -0.2) is 17.9 Å². The standard InChI is InChI=1S/C14H27N5O3S.C2HF3O2/c1-5-19-14-12(11-22-8-7-17(3)4)9-18(23(20,21)6-2)10-13(14)15-16-19;3-2(4,5)1(6)7/h12H,5-11H2,1-4H3;(H,6,7). The summed E-state index contributed by atoms with van der Waals surface area (Å²) in [6.45, 7) is 7.05. The van der Waals surface area contributed by atoms with Crippen LogP contribution in [-0.2, 0) is 32.6 Å². The largest absolute Gasteiger partial charge is 0.490 e. The molecule has 30 heavy (non-hydrogen) atoms. The zero-order valence-electron chi connectivity index (χ0n) is 17.4. The molecule has 2 heterocycles. The summed E-state index contributed by atoms with van der Waals surface area (Å²) in [6, 6.07) is 0. The molecule has 0 aromatic carbocycles. The smallest absolute Gasteiger partial charge is 0.475 e. The van der Waals surface area contributed by atoms with Crippen molar-refractivity contribution in [3.05, 3.63) is 11.4 Å². The second kappa shape index (κ2) is 11.0. The Balaban J connectivity index is 0.000000553. The van der Waals surface area contributed by atoms with E-state index in [2.05, 4.69) is 15.2 Å². The van der Waals surface area contributed by atoms with Crippen LogP contribution >= 0.6 is 0 Å². The Morgan fingerprint density at radius 3 is 2.40 bits per heavy atom. The Bertz CT molecular complexity index is 798. The van der Waals surface area contributed by atoms with Gasteiger partial charge < -0.3 is 14.7 Å². The van der Waals surface area contributed by atoms with E-state index in [0.29, 0.717) is 26.3 Å². The van der Waals surface area contributed by atoms with Gasteiger partial charge in [0, 0.05) is 25.6 Å². The molecule has 0 aliphatic carbocycles. The van der Waals surface area contributed by atoms with Crippen molar-refractivity contribution in [3.8, 4) is 0 Å². The Morgan fingerprint density at radius 1 is 1.33 bits per heavy atom. The zero-order valence-corrected chi connectivity index (χ0v) is 18.2. The molecule has 1 aliphatic heterocycles. The van der Waals surface area contributed by atoms with Crippen LogP contribution in [0.4, 0.5) is 13.2 Å². The highest BCUT2D eigenvalue weighted by Gasteiger charge is 2.38. The Hall–Kier alpha value is -1.77. The maximum atomic E-state index is 12.2. The highest BCUT2D eigenvalue weighted by Crippen LogP contribution is 2.29. The molecule has 1 aromatic rings. The molecule has 0 saturated carbocycles. The first-order valence-corrected chi connectivity index (χ1v) is 10.9. The summed E-state index contributed by atoms with van der Waals surface area (Å²) in [5.74, 6) is -2.69. The van der Waals surface area contributed by atoms with Gasteiger partial charge in [-0.3, -0.25) is 0 Å². The van der Waals surface area contributed by atoms with Crippen LogP contribution in [0.15, 0.2) is 0 Å². The average Bonchev–Trinajstić information content (AvgIpc) is 3.08. The number of aromatic nitrogens is 3. The number of nitrogens with zero attached hydrogens (tertiary/aromatic N) is 5. The minimum atomic E-state index is -5.08. The van der Waals surface area contributed by atoms with Gasteiger partial charge in [-0.1, -0.05) is 5.21 Å². The van der Waals surface area contributed by atoms with Crippen molar-refractivity contribution in [2.24, 2.45) is 0 Å². The van der Waals surface area contributed by atoms with Gasteiger partial charge in [0.25, 0.3) is 0 Å². The predicted octanol–water partition coefficient (Wildman–Crippen LogP) is 0.758. The number of rotatable bonds is 8. The third-order valence-electron chi connectivity index (χ3n) is 4.29. The van der Waals surface area contributed by atoms with Gasteiger partial charge in [-0.15, -0.1) is 5.10 Å². The third kappa shape index (κ3) is 7.49. The van der Waals surface area contributed by atoms with E-state index >= 15 is 0 Å². The number of ether oxygens (including phenoxy) is 1. The fourth-order valence-corrected chi connectivity index (χ4v) is 3.80. The van der Waals surface area contributed by atoms with E-state index in [1.54, 1.807) is 6.92 Å². The molecule has 1 atom stereocenters. The molecule has 1 N–H and O–H groups in total. The van der Waals surface area contributed by atoms with Gasteiger partial charge in [0.2, 0.25) is 10.0 Å². The van der Waals surface area contributed by atoms with Crippen LogP contribution in [0.2, 0.25) is 0 Å². The number of aryl methyl sites for hydroxylation is 1. The quantitative estimate of drug-likeness (QED) is 0.566. The average molecular weight is 459 g/mol. The van der Waals surface area contributed by atoms with Crippen molar-refractivity contribution in [1.82, 2.24) is 24.2 Å². The van der Waals surface area contributed by atoms with Crippen LogP contribution in [0.3, 0.4) is 0 Å². The number of fused-ring (bicyclic) bond motifs is 1. The predicted molar refractivity (Wildman–Crippen MR) is 101 cm³/mol. The number of carboxylic acids is 1. The topological polar surface area (TPSA) is 118 Å². The maximum absolute atomic E-state index is 12.2. The molecule has 0 bridgehead atoms. The third-order valence-corrected chi connectivity index (χ3v) is 6.08. The molecule has 10 nitrogen and oxygen atoms in total. The fourth-order valence-electron chi connectivity index (χ4n) is 2.71. The SMILES string of the molecule is CCn1nnc2c1C(COCCN(C)C)CN(S(=O)(=O)CC)C2.O=C(O)C(F)(F)F. The second-order valence-corrected chi connectivity index (χ2v) is 9.07. The van der Waals surface area contributed by atoms with Gasteiger partial charge >= 0.3 is 12.1 Å². The van der Waals surface area contributed by atoms with Crippen LogP contribution in [0, 0.1) is 0 Å². The molecule has 174 valence electrons. The number of sulfonamides is 1. The lowest BCUT2D eigenvalue weighted by Crippen LogP contribution is -2.41. The molecule has 1 aromatic heterocycles. The van der Waals surface area contributed by atoms with Crippen LogP contribution in [0.1, 0.15) is 31.2 Å². The minimum Gasteiger partial charge on any atom is -0.475 e. The van der Waals surface area contributed by atoms with Crippen LogP contribution in [0.5, 0.6) is 0 Å². The number of aliphatic carboxylic acids is 1. The molecule has 0 saturated heterocycles. The van der Waals surface area contributed by atoms with Gasteiger partial charge in [0.05, 0.1) is 31.2 Å². The Labute approximate surface area is 173 Å². The van der Waals surface area contributed by atoms with E-state index in [0.717, 1.165) is 24.5 Å². The van der Waals surface area contributed by atoms with E-state index in [4.69, 9.17) is 14.6 Å².